The predicted molar refractivity (Wildman–Crippen MR) is 66.3 cm³/mol. The molecular formula is C13H20N2. The normalized spacial score (nSPS) is 8.00. The van der Waals surface area contributed by atoms with Crippen molar-refractivity contribution in [2.45, 2.75) is 27.7 Å². The molecular weight excluding hydrogens is 184 g/mol. The summed E-state index contributed by atoms with van der Waals surface area (Å²) in [7, 11) is 0. The zero-order valence-corrected chi connectivity index (χ0v) is 10.0. The fourth-order valence-electron chi connectivity index (χ4n) is 1.01. The van der Waals surface area contributed by atoms with Crippen molar-refractivity contribution in [1.82, 2.24) is 9.55 Å². The second-order valence-corrected chi connectivity index (χ2v) is 2.31. The second kappa shape index (κ2) is 9.00. The summed E-state index contributed by atoms with van der Waals surface area (Å²) in [6, 6.07) is 10.1. The van der Waals surface area contributed by atoms with Crippen LogP contribution in [0.1, 0.15) is 27.7 Å². The third kappa shape index (κ3) is 4.45. The van der Waals surface area contributed by atoms with Crippen LogP contribution >= 0.6 is 0 Å². The number of aromatic nitrogens is 2. The van der Waals surface area contributed by atoms with Gasteiger partial charge in [-0.15, -0.1) is 0 Å². The SMILES string of the molecule is CC.CC.c1ccc(-n2ccnc2)cc1. The molecule has 0 atom stereocenters. The third-order valence-corrected chi connectivity index (χ3v) is 1.56. The van der Waals surface area contributed by atoms with E-state index in [-0.39, 0.29) is 0 Å². The van der Waals surface area contributed by atoms with Gasteiger partial charge in [0.1, 0.15) is 0 Å². The van der Waals surface area contributed by atoms with E-state index in [1.807, 2.05) is 68.8 Å². The maximum Gasteiger partial charge on any atom is 0.0991 e. The Balaban J connectivity index is 0.000000442. The molecule has 1 aromatic heterocycles. The summed E-state index contributed by atoms with van der Waals surface area (Å²) >= 11 is 0. The Bertz CT molecular complexity index is 312. The van der Waals surface area contributed by atoms with Gasteiger partial charge in [0.2, 0.25) is 0 Å². The summed E-state index contributed by atoms with van der Waals surface area (Å²) < 4.78 is 1.97. The van der Waals surface area contributed by atoms with E-state index in [2.05, 4.69) is 4.98 Å². The van der Waals surface area contributed by atoms with E-state index in [9.17, 15) is 0 Å². The van der Waals surface area contributed by atoms with Crippen molar-refractivity contribution >= 4 is 0 Å². The molecule has 2 aromatic rings. The number of hydrogen-bond acceptors (Lipinski definition) is 1. The Labute approximate surface area is 92.6 Å². The van der Waals surface area contributed by atoms with Crippen LogP contribution in [-0.4, -0.2) is 9.55 Å². The van der Waals surface area contributed by atoms with E-state index < -0.39 is 0 Å². The summed E-state index contributed by atoms with van der Waals surface area (Å²) in [6.45, 7) is 8.00. The lowest BCUT2D eigenvalue weighted by molar-refractivity contribution is 1.06. The monoisotopic (exact) mass is 204 g/mol. The van der Waals surface area contributed by atoms with Crippen molar-refractivity contribution in [3.63, 3.8) is 0 Å². The van der Waals surface area contributed by atoms with Crippen molar-refractivity contribution in [1.29, 1.82) is 0 Å². The smallest absolute Gasteiger partial charge is 0.0991 e. The van der Waals surface area contributed by atoms with Crippen LogP contribution in [-0.2, 0) is 0 Å². The number of para-hydroxylation sites is 1. The third-order valence-electron chi connectivity index (χ3n) is 1.56. The minimum atomic E-state index is 1.14. The molecule has 0 aliphatic carbocycles. The van der Waals surface area contributed by atoms with Gasteiger partial charge in [0.05, 0.1) is 6.33 Å². The highest BCUT2D eigenvalue weighted by Crippen LogP contribution is 2.04. The van der Waals surface area contributed by atoms with E-state index in [1.54, 1.807) is 12.5 Å². The minimum Gasteiger partial charge on any atom is -0.306 e. The predicted octanol–water partition coefficient (Wildman–Crippen LogP) is 3.92. The summed E-state index contributed by atoms with van der Waals surface area (Å²) in [5.41, 5.74) is 1.14. The lowest BCUT2D eigenvalue weighted by Crippen LogP contribution is -1.87. The van der Waals surface area contributed by atoms with E-state index in [4.69, 9.17) is 0 Å². The largest absolute Gasteiger partial charge is 0.306 e. The van der Waals surface area contributed by atoms with Gasteiger partial charge < -0.3 is 4.57 Å². The molecule has 0 fully saturated rings. The Hall–Kier alpha value is -1.57. The topological polar surface area (TPSA) is 17.8 Å². The van der Waals surface area contributed by atoms with Crippen LogP contribution in [0, 0.1) is 0 Å². The standard InChI is InChI=1S/C9H8N2.2C2H6/c1-2-4-9(5-3-1)11-7-6-10-8-11;2*1-2/h1-8H;2*1-2H3. The Kier molecular flexibility index (Phi) is 8.06. The lowest BCUT2D eigenvalue weighted by atomic mass is 10.3. The van der Waals surface area contributed by atoms with Crippen LogP contribution in [0.2, 0.25) is 0 Å². The van der Waals surface area contributed by atoms with Gasteiger partial charge in [-0.2, -0.15) is 0 Å². The number of benzene rings is 1. The van der Waals surface area contributed by atoms with Crippen LogP contribution in [0.25, 0.3) is 5.69 Å². The molecule has 0 aliphatic rings. The first-order valence-corrected chi connectivity index (χ1v) is 5.50. The molecule has 2 rings (SSSR count). The highest BCUT2D eigenvalue weighted by atomic mass is 15.0. The quantitative estimate of drug-likeness (QED) is 0.688. The highest BCUT2D eigenvalue weighted by molar-refractivity contribution is 5.30. The van der Waals surface area contributed by atoms with E-state index in [0.29, 0.717) is 0 Å². The lowest BCUT2D eigenvalue weighted by Gasteiger charge is -1.98. The number of rotatable bonds is 1. The molecule has 0 radical (unpaired) electrons. The summed E-state index contributed by atoms with van der Waals surface area (Å²) in [4.78, 5) is 3.96. The molecule has 1 aromatic carbocycles. The van der Waals surface area contributed by atoms with Crippen molar-refractivity contribution in [2.24, 2.45) is 0 Å². The van der Waals surface area contributed by atoms with E-state index in [1.165, 1.54) is 0 Å². The fourth-order valence-corrected chi connectivity index (χ4v) is 1.01. The summed E-state index contributed by atoms with van der Waals surface area (Å²) in [6.07, 6.45) is 5.48. The van der Waals surface area contributed by atoms with Gasteiger partial charge in [-0.1, -0.05) is 45.9 Å². The van der Waals surface area contributed by atoms with E-state index >= 15 is 0 Å². The van der Waals surface area contributed by atoms with Gasteiger partial charge in [0, 0.05) is 18.1 Å². The second-order valence-electron chi connectivity index (χ2n) is 2.31. The van der Waals surface area contributed by atoms with Gasteiger partial charge in [-0.3, -0.25) is 0 Å². The first-order valence-electron chi connectivity index (χ1n) is 5.50. The maximum atomic E-state index is 3.96. The van der Waals surface area contributed by atoms with Gasteiger partial charge in [0.15, 0.2) is 0 Å². The van der Waals surface area contributed by atoms with Crippen LogP contribution in [0.15, 0.2) is 49.1 Å². The molecule has 0 bridgehead atoms. The van der Waals surface area contributed by atoms with Crippen molar-refractivity contribution in [3.05, 3.63) is 49.1 Å². The van der Waals surface area contributed by atoms with E-state index in [0.717, 1.165) is 5.69 Å². The molecule has 15 heavy (non-hydrogen) atoms. The molecule has 0 saturated carbocycles. The molecule has 2 nitrogen and oxygen atoms in total. The van der Waals surface area contributed by atoms with Crippen LogP contribution in [0.3, 0.4) is 0 Å². The summed E-state index contributed by atoms with van der Waals surface area (Å²) in [5, 5.41) is 0. The van der Waals surface area contributed by atoms with Gasteiger partial charge in [-0.25, -0.2) is 4.98 Å². The first-order chi connectivity index (χ1) is 7.47. The zero-order valence-electron chi connectivity index (χ0n) is 10.0. The number of hydrogen-bond donors (Lipinski definition) is 0. The molecule has 0 N–H and O–H groups in total. The Morgan fingerprint density at radius 2 is 1.53 bits per heavy atom. The molecule has 1 heterocycles. The minimum absolute atomic E-state index is 1.14. The maximum absolute atomic E-state index is 3.96. The molecule has 0 aliphatic heterocycles. The van der Waals surface area contributed by atoms with Crippen molar-refractivity contribution in [3.8, 4) is 5.69 Å². The zero-order chi connectivity index (χ0) is 11.5. The average molecular weight is 204 g/mol. The summed E-state index contributed by atoms with van der Waals surface area (Å²) in [5.74, 6) is 0. The van der Waals surface area contributed by atoms with Crippen molar-refractivity contribution in [2.75, 3.05) is 0 Å². The molecule has 0 saturated heterocycles. The molecule has 2 heteroatoms. The molecule has 0 unspecified atom stereocenters. The van der Waals surface area contributed by atoms with Gasteiger partial charge >= 0.3 is 0 Å². The highest BCUT2D eigenvalue weighted by Gasteiger charge is 1.89. The number of imidazole rings is 1. The molecule has 0 amide bonds. The van der Waals surface area contributed by atoms with Gasteiger partial charge in [0.25, 0.3) is 0 Å². The molecule has 82 valence electrons. The molecule has 0 spiro atoms. The first kappa shape index (κ1) is 13.4. The number of nitrogens with zero attached hydrogens (tertiary/aromatic N) is 2. The Morgan fingerprint density at radius 1 is 0.933 bits per heavy atom. The fraction of sp³-hybridized carbons (Fsp3) is 0.308. The van der Waals surface area contributed by atoms with Crippen LogP contribution in [0.5, 0.6) is 0 Å². The van der Waals surface area contributed by atoms with Crippen LogP contribution in [0.4, 0.5) is 0 Å². The van der Waals surface area contributed by atoms with Crippen molar-refractivity contribution < 1.29 is 0 Å². The Morgan fingerprint density at radius 3 is 2.00 bits per heavy atom. The van der Waals surface area contributed by atoms with Gasteiger partial charge in [-0.05, 0) is 12.1 Å². The van der Waals surface area contributed by atoms with Crippen LogP contribution < -0.4 is 0 Å². The average Bonchev–Trinajstić information content (AvgIpc) is 2.89.